The van der Waals surface area contributed by atoms with E-state index in [0.29, 0.717) is 5.70 Å². The van der Waals surface area contributed by atoms with Gasteiger partial charge in [0.25, 0.3) is 0 Å². The SMILES string of the molecule is CCOC(=O)C1=C(C)NC(=O)NC1c1ccc(-c2ccc(C(F)(F)F)cc2Cl)o1. The third-order valence-corrected chi connectivity index (χ3v) is 4.55. The number of furan rings is 1. The summed E-state index contributed by atoms with van der Waals surface area (Å²) in [6.45, 7) is 3.34. The molecule has 1 aliphatic heterocycles. The van der Waals surface area contributed by atoms with E-state index in [9.17, 15) is 22.8 Å². The molecule has 0 saturated carbocycles. The molecule has 10 heteroatoms. The van der Waals surface area contributed by atoms with Crippen molar-refractivity contribution in [2.45, 2.75) is 26.1 Å². The minimum Gasteiger partial charge on any atom is -0.463 e. The van der Waals surface area contributed by atoms with Gasteiger partial charge >= 0.3 is 18.2 Å². The maximum atomic E-state index is 12.8. The van der Waals surface area contributed by atoms with Crippen LogP contribution in [0.2, 0.25) is 5.02 Å². The van der Waals surface area contributed by atoms with Crippen molar-refractivity contribution in [2.75, 3.05) is 6.61 Å². The molecule has 6 nitrogen and oxygen atoms in total. The van der Waals surface area contributed by atoms with Crippen LogP contribution in [0.15, 0.2) is 46.0 Å². The van der Waals surface area contributed by atoms with E-state index >= 15 is 0 Å². The van der Waals surface area contributed by atoms with E-state index in [0.717, 1.165) is 12.1 Å². The summed E-state index contributed by atoms with van der Waals surface area (Å²) >= 11 is 6.01. The number of hydrogen-bond donors (Lipinski definition) is 2. The number of allylic oxidation sites excluding steroid dienone is 1. The van der Waals surface area contributed by atoms with E-state index in [-0.39, 0.29) is 34.3 Å². The van der Waals surface area contributed by atoms with Crippen LogP contribution in [0.5, 0.6) is 0 Å². The second kappa shape index (κ2) is 7.82. The average Bonchev–Trinajstić information content (AvgIpc) is 3.10. The number of esters is 1. The fourth-order valence-electron chi connectivity index (χ4n) is 2.93. The Bertz CT molecular complexity index is 998. The zero-order chi connectivity index (χ0) is 21.3. The molecule has 1 aromatic heterocycles. The largest absolute Gasteiger partial charge is 0.463 e. The summed E-state index contributed by atoms with van der Waals surface area (Å²) in [6, 6.07) is 4.43. The van der Waals surface area contributed by atoms with Gasteiger partial charge in [0.05, 0.1) is 22.8 Å². The smallest absolute Gasteiger partial charge is 0.416 e. The quantitative estimate of drug-likeness (QED) is 0.685. The normalized spacial score (nSPS) is 17.0. The molecule has 0 bridgehead atoms. The fraction of sp³-hybridized carbons (Fsp3) is 0.263. The van der Waals surface area contributed by atoms with Crippen LogP contribution in [0.4, 0.5) is 18.0 Å². The molecule has 29 heavy (non-hydrogen) atoms. The van der Waals surface area contributed by atoms with Gasteiger partial charge in [0, 0.05) is 11.3 Å². The lowest BCUT2D eigenvalue weighted by molar-refractivity contribution is -0.139. The first-order valence-electron chi connectivity index (χ1n) is 8.54. The van der Waals surface area contributed by atoms with Gasteiger partial charge < -0.3 is 19.8 Å². The van der Waals surface area contributed by atoms with Gasteiger partial charge in [-0.1, -0.05) is 11.6 Å². The summed E-state index contributed by atoms with van der Waals surface area (Å²) in [4.78, 5) is 24.2. The average molecular weight is 429 g/mol. The highest BCUT2D eigenvalue weighted by molar-refractivity contribution is 6.33. The molecule has 1 aromatic carbocycles. The number of hydrogen-bond acceptors (Lipinski definition) is 4. The number of rotatable bonds is 4. The highest BCUT2D eigenvalue weighted by atomic mass is 35.5. The van der Waals surface area contributed by atoms with Crippen LogP contribution in [0.25, 0.3) is 11.3 Å². The van der Waals surface area contributed by atoms with Crippen LogP contribution in [-0.2, 0) is 15.7 Å². The van der Waals surface area contributed by atoms with E-state index in [2.05, 4.69) is 10.6 Å². The first kappa shape index (κ1) is 20.8. The number of carbonyl (C=O) groups is 2. The van der Waals surface area contributed by atoms with Crippen LogP contribution in [-0.4, -0.2) is 18.6 Å². The minimum atomic E-state index is -4.52. The first-order chi connectivity index (χ1) is 13.6. The Morgan fingerprint density at radius 3 is 2.62 bits per heavy atom. The summed E-state index contributed by atoms with van der Waals surface area (Å²) in [5.74, 6) is -0.242. The van der Waals surface area contributed by atoms with E-state index < -0.39 is 29.8 Å². The molecule has 0 radical (unpaired) electrons. The van der Waals surface area contributed by atoms with Crippen molar-refractivity contribution in [3.8, 4) is 11.3 Å². The number of benzene rings is 1. The molecule has 154 valence electrons. The molecule has 0 saturated heterocycles. The van der Waals surface area contributed by atoms with Gasteiger partial charge in [-0.3, -0.25) is 0 Å². The van der Waals surface area contributed by atoms with Crippen molar-refractivity contribution in [2.24, 2.45) is 0 Å². The Kier molecular flexibility index (Phi) is 5.61. The second-order valence-electron chi connectivity index (χ2n) is 6.19. The minimum absolute atomic E-state index is 0.140. The van der Waals surface area contributed by atoms with E-state index in [4.69, 9.17) is 20.8 Å². The van der Waals surface area contributed by atoms with Crippen LogP contribution in [0, 0.1) is 0 Å². The molecule has 1 atom stereocenters. The zero-order valence-corrected chi connectivity index (χ0v) is 16.1. The molecule has 1 unspecified atom stereocenters. The summed E-state index contributed by atoms with van der Waals surface area (Å²) in [7, 11) is 0. The molecule has 1 aliphatic rings. The van der Waals surface area contributed by atoms with E-state index in [1.807, 2.05) is 0 Å². The third-order valence-electron chi connectivity index (χ3n) is 4.24. The molecule has 0 aliphatic carbocycles. The molecule has 2 amide bonds. The molecule has 2 heterocycles. The second-order valence-corrected chi connectivity index (χ2v) is 6.59. The Morgan fingerprint density at radius 1 is 1.28 bits per heavy atom. The van der Waals surface area contributed by atoms with Crippen molar-refractivity contribution < 1.29 is 31.9 Å². The lowest BCUT2D eigenvalue weighted by atomic mass is 10.0. The van der Waals surface area contributed by atoms with E-state index in [1.165, 1.54) is 18.2 Å². The van der Waals surface area contributed by atoms with Crippen molar-refractivity contribution >= 4 is 23.6 Å². The predicted molar refractivity (Wildman–Crippen MR) is 97.9 cm³/mol. The summed E-state index contributed by atoms with van der Waals surface area (Å²) in [5.41, 5.74) is -0.176. The lowest BCUT2D eigenvalue weighted by Crippen LogP contribution is -2.45. The Balaban J connectivity index is 1.97. The highest BCUT2D eigenvalue weighted by Crippen LogP contribution is 2.38. The number of ether oxygens (including phenoxy) is 1. The monoisotopic (exact) mass is 428 g/mol. The lowest BCUT2D eigenvalue weighted by Gasteiger charge is -2.26. The standard InChI is InChI=1S/C19H16ClF3N2O4/c1-3-28-17(26)15-9(2)24-18(27)25-16(15)14-7-6-13(29-14)11-5-4-10(8-12(11)20)19(21,22)23/h4-8,16H,3H2,1-2H3,(H2,24,25,27). The summed E-state index contributed by atoms with van der Waals surface area (Å²) in [5, 5.41) is 4.93. The number of nitrogens with one attached hydrogen (secondary N) is 2. The summed E-state index contributed by atoms with van der Waals surface area (Å²) in [6.07, 6.45) is -4.52. The Hall–Kier alpha value is -2.94. The number of alkyl halides is 3. The van der Waals surface area contributed by atoms with Crippen LogP contribution < -0.4 is 10.6 Å². The first-order valence-corrected chi connectivity index (χ1v) is 8.92. The topological polar surface area (TPSA) is 80.6 Å². The van der Waals surface area contributed by atoms with Crippen molar-refractivity contribution in [1.29, 1.82) is 0 Å². The zero-order valence-electron chi connectivity index (χ0n) is 15.3. The van der Waals surface area contributed by atoms with Crippen LogP contribution in [0.1, 0.15) is 31.2 Å². The van der Waals surface area contributed by atoms with Gasteiger partial charge in [-0.25, -0.2) is 9.59 Å². The predicted octanol–water partition coefficient (Wildman–Crippen LogP) is 4.81. The number of halogens is 4. The Morgan fingerprint density at radius 2 is 2.00 bits per heavy atom. The molecule has 3 rings (SSSR count). The maximum absolute atomic E-state index is 12.8. The molecule has 2 aromatic rings. The number of carbonyl (C=O) groups excluding carboxylic acids is 2. The molecular weight excluding hydrogens is 413 g/mol. The maximum Gasteiger partial charge on any atom is 0.416 e. The third kappa shape index (κ3) is 4.24. The highest BCUT2D eigenvalue weighted by Gasteiger charge is 2.35. The molecule has 2 N–H and O–H groups in total. The molecule has 0 spiro atoms. The van der Waals surface area contributed by atoms with Gasteiger partial charge in [-0.2, -0.15) is 13.2 Å². The molecule has 0 fully saturated rings. The Labute approximate surface area is 168 Å². The molecular formula is C19H16ClF3N2O4. The van der Waals surface area contributed by atoms with Gasteiger partial charge in [0.15, 0.2) is 0 Å². The van der Waals surface area contributed by atoms with Crippen molar-refractivity contribution in [3.63, 3.8) is 0 Å². The van der Waals surface area contributed by atoms with Crippen LogP contribution >= 0.6 is 11.6 Å². The van der Waals surface area contributed by atoms with Gasteiger partial charge in [0.1, 0.15) is 17.6 Å². The van der Waals surface area contributed by atoms with E-state index in [1.54, 1.807) is 13.8 Å². The number of amides is 2. The van der Waals surface area contributed by atoms with Crippen LogP contribution in [0.3, 0.4) is 0 Å². The van der Waals surface area contributed by atoms with Crippen molar-refractivity contribution in [3.05, 3.63) is 57.9 Å². The summed E-state index contributed by atoms with van der Waals surface area (Å²) < 4.78 is 49.2. The number of urea groups is 1. The van der Waals surface area contributed by atoms with Gasteiger partial charge in [-0.15, -0.1) is 0 Å². The fourth-order valence-corrected chi connectivity index (χ4v) is 3.20. The van der Waals surface area contributed by atoms with Gasteiger partial charge in [-0.05, 0) is 44.2 Å². The van der Waals surface area contributed by atoms with Gasteiger partial charge in [0.2, 0.25) is 0 Å². The van der Waals surface area contributed by atoms with Crippen molar-refractivity contribution in [1.82, 2.24) is 10.6 Å².